The second-order valence-electron chi connectivity index (χ2n) is 5.95. The molecule has 0 aromatic heterocycles. The summed E-state index contributed by atoms with van der Waals surface area (Å²) in [6.07, 6.45) is 4.17. The van der Waals surface area contributed by atoms with Gasteiger partial charge in [-0.2, -0.15) is 4.31 Å². The summed E-state index contributed by atoms with van der Waals surface area (Å²) in [5.74, 6) is -0.531. The Hall–Kier alpha value is -0.690. The average Bonchev–Trinajstić information content (AvgIpc) is 3.01. The molecule has 0 saturated carbocycles. The Morgan fingerprint density at radius 1 is 1.09 bits per heavy atom. The zero-order valence-corrected chi connectivity index (χ0v) is 13.9. The van der Waals surface area contributed by atoms with Crippen molar-refractivity contribution in [2.24, 2.45) is 0 Å². The van der Waals surface area contributed by atoms with Gasteiger partial charge >= 0.3 is 0 Å². The molecule has 1 aromatic carbocycles. The molecule has 2 heterocycles. The van der Waals surface area contributed by atoms with Crippen LogP contribution in [-0.4, -0.2) is 49.8 Å². The van der Waals surface area contributed by atoms with E-state index in [1.165, 1.54) is 23.2 Å². The van der Waals surface area contributed by atoms with Gasteiger partial charge in [0.05, 0.1) is 5.02 Å². The maximum absolute atomic E-state index is 13.1. The van der Waals surface area contributed by atoms with E-state index < -0.39 is 15.8 Å². The van der Waals surface area contributed by atoms with Gasteiger partial charge in [0.1, 0.15) is 10.7 Å². The van der Waals surface area contributed by atoms with Crippen LogP contribution in [0.1, 0.15) is 25.7 Å². The van der Waals surface area contributed by atoms with Gasteiger partial charge in [0, 0.05) is 19.1 Å². The zero-order chi connectivity index (χ0) is 15.7. The van der Waals surface area contributed by atoms with Crippen molar-refractivity contribution in [3.8, 4) is 0 Å². The molecule has 7 heteroatoms. The molecule has 2 aliphatic rings. The summed E-state index contributed by atoms with van der Waals surface area (Å²) < 4.78 is 39.9. The Morgan fingerprint density at radius 3 is 2.32 bits per heavy atom. The van der Waals surface area contributed by atoms with Crippen molar-refractivity contribution in [2.75, 3.05) is 26.2 Å². The first kappa shape index (κ1) is 16.2. The highest BCUT2D eigenvalue weighted by atomic mass is 35.5. The fourth-order valence-corrected chi connectivity index (χ4v) is 5.35. The molecule has 0 amide bonds. The van der Waals surface area contributed by atoms with E-state index >= 15 is 0 Å². The van der Waals surface area contributed by atoms with Crippen molar-refractivity contribution in [2.45, 2.75) is 36.6 Å². The molecule has 2 aliphatic heterocycles. The smallest absolute Gasteiger partial charge is 0.244 e. The van der Waals surface area contributed by atoms with Gasteiger partial charge in [-0.3, -0.25) is 0 Å². The summed E-state index contributed by atoms with van der Waals surface area (Å²) in [4.78, 5) is 2.46. The van der Waals surface area contributed by atoms with Crippen LogP contribution in [0.2, 0.25) is 5.02 Å². The Balaban J connectivity index is 1.71. The van der Waals surface area contributed by atoms with Crippen LogP contribution in [-0.2, 0) is 10.0 Å². The van der Waals surface area contributed by atoms with E-state index in [-0.39, 0.29) is 9.92 Å². The minimum atomic E-state index is -3.64. The maximum Gasteiger partial charge on any atom is 0.244 e. The zero-order valence-electron chi connectivity index (χ0n) is 12.3. The maximum atomic E-state index is 13.1. The molecular formula is C15H20ClFN2O2S. The lowest BCUT2D eigenvalue weighted by atomic mass is 10.1. The number of piperidine rings is 1. The van der Waals surface area contributed by atoms with E-state index in [2.05, 4.69) is 4.90 Å². The minimum Gasteiger partial charge on any atom is -0.300 e. The van der Waals surface area contributed by atoms with Crippen LogP contribution >= 0.6 is 11.6 Å². The van der Waals surface area contributed by atoms with Crippen molar-refractivity contribution in [1.29, 1.82) is 0 Å². The molecule has 0 unspecified atom stereocenters. The number of likely N-dealkylation sites (tertiary alicyclic amines) is 1. The number of rotatable bonds is 3. The highest BCUT2D eigenvalue weighted by Crippen LogP contribution is 2.29. The molecule has 0 aliphatic carbocycles. The van der Waals surface area contributed by atoms with Crippen LogP contribution in [0.3, 0.4) is 0 Å². The molecule has 22 heavy (non-hydrogen) atoms. The van der Waals surface area contributed by atoms with Gasteiger partial charge in [0.25, 0.3) is 0 Å². The molecule has 3 rings (SSSR count). The molecule has 122 valence electrons. The Labute approximate surface area is 135 Å². The van der Waals surface area contributed by atoms with Gasteiger partial charge in [-0.25, -0.2) is 12.8 Å². The lowest BCUT2D eigenvalue weighted by Gasteiger charge is -2.36. The minimum absolute atomic E-state index is 0.00445. The van der Waals surface area contributed by atoms with Crippen molar-refractivity contribution >= 4 is 21.6 Å². The second kappa shape index (κ2) is 6.43. The Bertz CT molecular complexity index is 639. The highest BCUT2D eigenvalue weighted by Gasteiger charge is 2.33. The quantitative estimate of drug-likeness (QED) is 0.845. The summed E-state index contributed by atoms with van der Waals surface area (Å²) in [5, 5.41) is -0.0540. The van der Waals surface area contributed by atoms with Crippen molar-refractivity contribution in [1.82, 2.24) is 9.21 Å². The Kier molecular flexibility index (Phi) is 4.73. The third-order valence-corrected chi connectivity index (χ3v) is 6.97. The van der Waals surface area contributed by atoms with Crippen molar-refractivity contribution < 1.29 is 12.8 Å². The number of sulfonamides is 1. The van der Waals surface area contributed by atoms with Crippen molar-refractivity contribution in [3.63, 3.8) is 0 Å². The number of hydrogen-bond acceptors (Lipinski definition) is 3. The van der Waals surface area contributed by atoms with E-state index in [0.29, 0.717) is 19.1 Å². The fourth-order valence-electron chi connectivity index (χ4n) is 3.38. The predicted molar refractivity (Wildman–Crippen MR) is 84.0 cm³/mol. The van der Waals surface area contributed by atoms with Gasteiger partial charge in [-0.05, 0) is 57.0 Å². The lowest BCUT2D eigenvalue weighted by molar-refractivity contribution is 0.168. The molecule has 2 fully saturated rings. The summed E-state index contributed by atoms with van der Waals surface area (Å²) >= 11 is 5.91. The second-order valence-corrected chi connectivity index (χ2v) is 8.27. The first-order valence-electron chi connectivity index (χ1n) is 7.68. The molecule has 0 spiro atoms. The summed E-state index contributed by atoms with van der Waals surface area (Å²) in [6, 6.07) is 3.92. The van der Waals surface area contributed by atoms with Gasteiger partial charge in [0.15, 0.2) is 0 Å². The highest BCUT2D eigenvalue weighted by molar-refractivity contribution is 7.89. The van der Waals surface area contributed by atoms with Crippen LogP contribution in [0.4, 0.5) is 4.39 Å². The first-order valence-corrected chi connectivity index (χ1v) is 9.49. The van der Waals surface area contributed by atoms with Crippen LogP contribution in [0.15, 0.2) is 23.1 Å². The number of nitrogens with zero attached hydrogens (tertiary/aromatic N) is 2. The predicted octanol–water partition coefficient (Wildman–Crippen LogP) is 2.73. The lowest BCUT2D eigenvalue weighted by Crippen LogP contribution is -2.45. The van der Waals surface area contributed by atoms with E-state index in [0.717, 1.165) is 38.1 Å². The third-order valence-electron chi connectivity index (χ3n) is 4.59. The van der Waals surface area contributed by atoms with Gasteiger partial charge < -0.3 is 4.90 Å². The number of halogens is 2. The summed E-state index contributed by atoms with van der Waals surface area (Å²) in [7, 11) is -3.64. The van der Waals surface area contributed by atoms with Crippen LogP contribution < -0.4 is 0 Å². The molecular weight excluding hydrogens is 327 g/mol. The molecule has 0 bridgehead atoms. The van der Waals surface area contributed by atoms with Crippen molar-refractivity contribution in [3.05, 3.63) is 29.0 Å². The standard InChI is InChI=1S/C15H20ClFN2O2S/c16-14-11-12(17)3-4-15(14)22(20,21)19-9-5-13(6-10-19)18-7-1-2-8-18/h3-4,11,13H,1-2,5-10H2. The number of hydrogen-bond donors (Lipinski definition) is 0. The molecule has 4 nitrogen and oxygen atoms in total. The van der Waals surface area contributed by atoms with E-state index in [1.807, 2.05) is 0 Å². The monoisotopic (exact) mass is 346 g/mol. The van der Waals surface area contributed by atoms with Crippen LogP contribution in [0.5, 0.6) is 0 Å². The molecule has 0 radical (unpaired) electrons. The number of benzene rings is 1. The normalized spacial score (nSPS) is 22.3. The van der Waals surface area contributed by atoms with E-state index in [4.69, 9.17) is 11.6 Å². The van der Waals surface area contributed by atoms with E-state index in [9.17, 15) is 12.8 Å². The van der Waals surface area contributed by atoms with Gasteiger partial charge in [-0.1, -0.05) is 11.6 Å². The van der Waals surface area contributed by atoms with Gasteiger partial charge in [0.2, 0.25) is 10.0 Å². The summed E-state index contributed by atoms with van der Waals surface area (Å²) in [5.41, 5.74) is 0. The average molecular weight is 347 g/mol. The van der Waals surface area contributed by atoms with Gasteiger partial charge in [-0.15, -0.1) is 0 Å². The first-order chi connectivity index (χ1) is 10.5. The van der Waals surface area contributed by atoms with E-state index in [1.54, 1.807) is 0 Å². The molecule has 2 saturated heterocycles. The summed E-state index contributed by atoms with van der Waals surface area (Å²) in [6.45, 7) is 3.25. The van der Waals surface area contributed by atoms with Crippen LogP contribution in [0.25, 0.3) is 0 Å². The fraction of sp³-hybridized carbons (Fsp3) is 0.600. The SMILES string of the molecule is O=S(=O)(c1ccc(F)cc1Cl)N1CCC(N2CCCC2)CC1. The Morgan fingerprint density at radius 2 is 1.73 bits per heavy atom. The molecule has 0 N–H and O–H groups in total. The molecule has 0 atom stereocenters. The third kappa shape index (κ3) is 3.15. The molecule has 1 aromatic rings. The topological polar surface area (TPSA) is 40.6 Å². The largest absolute Gasteiger partial charge is 0.300 e. The van der Waals surface area contributed by atoms with Crippen LogP contribution in [0, 0.1) is 5.82 Å².